The molecule has 1 N–H and O–H groups in total. The van der Waals surface area contributed by atoms with Crippen molar-refractivity contribution in [1.82, 2.24) is 0 Å². The number of benzene rings is 3. The molecule has 1 aromatic heterocycles. The van der Waals surface area contributed by atoms with Crippen LogP contribution >= 0.6 is 8.25 Å². The molecule has 1 atom stereocenters. The van der Waals surface area contributed by atoms with Gasteiger partial charge in [0.2, 0.25) is 17.2 Å². The molecule has 0 bridgehead atoms. The van der Waals surface area contributed by atoms with Gasteiger partial charge in [0.05, 0.1) is 13.7 Å². The molecule has 3 aromatic carbocycles. The van der Waals surface area contributed by atoms with E-state index in [2.05, 4.69) is 35.9 Å². The zero-order chi connectivity index (χ0) is 31.7. The van der Waals surface area contributed by atoms with Crippen molar-refractivity contribution in [2.24, 2.45) is 0 Å². The van der Waals surface area contributed by atoms with Gasteiger partial charge in [0, 0.05) is 21.6 Å². The maximum absolute atomic E-state index is 12.9. The van der Waals surface area contributed by atoms with E-state index < -0.39 is 8.25 Å². The average molecular weight is 634 g/mol. The molecule has 0 aliphatic rings. The molecule has 8 heteroatoms. The predicted molar refractivity (Wildman–Crippen MR) is 180 cm³/mol. The van der Waals surface area contributed by atoms with Crippen molar-refractivity contribution in [3.8, 4) is 28.7 Å². The van der Waals surface area contributed by atoms with Crippen molar-refractivity contribution in [3.63, 3.8) is 0 Å². The van der Waals surface area contributed by atoms with Crippen LogP contribution in [0.15, 0.2) is 79.1 Å². The highest BCUT2D eigenvalue weighted by Crippen LogP contribution is 2.46. The van der Waals surface area contributed by atoms with E-state index in [1.807, 2.05) is 36.5 Å². The molecule has 1 heterocycles. The molecule has 0 aliphatic heterocycles. The Morgan fingerprint density at radius 2 is 1.42 bits per heavy atom. The van der Waals surface area contributed by atoms with Gasteiger partial charge in [0.25, 0.3) is 0 Å². The Morgan fingerprint density at radius 1 is 0.733 bits per heavy atom. The number of phenols is 1. The second-order valence-corrected chi connectivity index (χ2v) is 12.3. The highest BCUT2D eigenvalue weighted by molar-refractivity contribution is 7.34. The Morgan fingerprint density at radius 3 is 2.13 bits per heavy atom. The van der Waals surface area contributed by atoms with Crippen LogP contribution in [-0.4, -0.2) is 18.8 Å². The van der Waals surface area contributed by atoms with Crippen LogP contribution in [0, 0.1) is 0 Å². The number of nitrogens with zero attached hydrogens (tertiary/aromatic N) is 1. The molecule has 0 saturated carbocycles. The lowest BCUT2D eigenvalue weighted by Crippen LogP contribution is -2.33. The van der Waals surface area contributed by atoms with E-state index in [0.29, 0.717) is 18.9 Å². The number of ether oxygens (including phenoxy) is 2. The summed E-state index contributed by atoms with van der Waals surface area (Å²) in [5, 5.41) is 12.8. The van der Waals surface area contributed by atoms with Crippen molar-refractivity contribution in [2.75, 3.05) is 13.7 Å². The Bertz CT molecular complexity index is 1490. The van der Waals surface area contributed by atoms with Gasteiger partial charge in [-0.25, -0.2) is 13.6 Å². The van der Waals surface area contributed by atoms with Crippen LogP contribution in [0.25, 0.3) is 10.8 Å². The van der Waals surface area contributed by atoms with Crippen molar-refractivity contribution >= 4 is 19.0 Å². The molecule has 4 aromatic rings. The first-order valence-corrected chi connectivity index (χ1v) is 17.5. The number of pyridine rings is 1. The van der Waals surface area contributed by atoms with Crippen LogP contribution in [0.2, 0.25) is 0 Å². The average Bonchev–Trinajstić information content (AvgIpc) is 3.04. The summed E-state index contributed by atoms with van der Waals surface area (Å²) in [5.41, 5.74) is 0.992. The zero-order valence-electron chi connectivity index (χ0n) is 26.8. The van der Waals surface area contributed by atoms with Crippen LogP contribution < -0.4 is 23.1 Å². The Hall–Kier alpha value is -3.83. The first-order chi connectivity index (χ1) is 22.1. The number of aromatic nitrogens is 1. The minimum atomic E-state index is -2.58. The number of methoxy groups -OCH3 is 1. The first kappa shape index (κ1) is 34.1. The minimum Gasteiger partial charge on any atom is -0.504 e. The summed E-state index contributed by atoms with van der Waals surface area (Å²) < 4.78 is 37.6. The Kier molecular flexibility index (Phi) is 14.3. The molecular formula is C37H48NO6P+2. The van der Waals surface area contributed by atoms with E-state index >= 15 is 0 Å². The lowest BCUT2D eigenvalue weighted by Gasteiger charge is -2.13. The molecule has 45 heavy (non-hydrogen) atoms. The van der Waals surface area contributed by atoms with Gasteiger partial charge in [0.1, 0.15) is 0 Å². The second kappa shape index (κ2) is 18.9. The van der Waals surface area contributed by atoms with Gasteiger partial charge >= 0.3 is 8.25 Å². The topological polar surface area (TPSA) is 78.1 Å². The van der Waals surface area contributed by atoms with E-state index in [1.54, 1.807) is 6.07 Å². The summed E-state index contributed by atoms with van der Waals surface area (Å²) in [5.74, 6) is 0.895. The van der Waals surface area contributed by atoms with Crippen LogP contribution in [0.4, 0.5) is 0 Å². The highest BCUT2D eigenvalue weighted by atomic mass is 31.1. The third-order valence-electron chi connectivity index (χ3n) is 7.87. The molecule has 0 radical (unpaired) electrons. The lowest BCUT2D eigenvalue weighted by molar-refractivity contribution is -0.687. The van der Waals surface area contributed by atoms with Crippen LogP contribution in [0.5, 0.6) is 28.7 Å². The van der Waals surface area contributed by atoms with Crippen molar-refractivity contribution in [1.29, 1.82) is 0 Å². The van der Waals surface area contributed by atoms with Crippen molar-refractivity contribution in [3.05, 3.63) is 84.7 Å². The van der Waals surface area contributed by atoms with E-state index in [9.17, 15) is 9.67 Å². The Balaban J connectivity index is 1.22. The molecule has 0 spiro atoms. The Labute approximate surface area is 269 Å². The van der Waals surface area contributed by atoms with E-state index in [-0.39, 0.29) is 23.0 Å². The van der Waals surface area contributed by atoms with Crippen molar-refractivity contribution < 1.29 is 32.8 Å². The fraction of sp³-hybridized carbons (Fsp3) is 0.432. The number of phenolic OH excluding ortho intramolecular Hbond substituents is 1. The number of hydrogen-bond acceptors (Lipinski definition) is 6. The fourth-order valence-electron chi connectivity index (χ4n) is 5.43. The third kappa shape index (κ3) is 11.2. The lowest BCUT2D eigenvalue weighted by atomic mass is 10.1. The summed E-state index contributed by atoms with van der Waals surface area (Å²) in [7, 11) is -1.12. The summed E-state index contributed by atoms with van der Waals surface area (Å²) in [6.45, 7) is 3.33. The maximum Gasteiger partial charge on any atom is 0.805 e. The molecule has 0 amide bonds. The van der Waals surface area contributed by atoms with Gasteiger partial charge in [-0.1, -0.05) is 108 Å². The quantitative estimate of drug-likeness (QED) is 0.0559. The number of fused-ring (bicyclic) bond motifs is 1. The smallest absolute Gasteiger partial charge is 0.504 e. The zero-order valence-corrected chi connectivity index (χ0v) is 27.7. The molecular weight excluding hydrogens is 585 g/mol. The van der Waals surface area contributed by atoms with Gasteiger partial charge in [-0.05, 0) is 42.1 Å². The number of rotatable bonds is 21. The largest absolute Gasteiger partial charge is 0.805 e. The summed E-state index contributed by atoms with van der Waals surface area (Å²) in [4.78, 5) is 0. The SMILES string of the molecule is CCCCCCCCCCCCCCOc1c(O)ccc(O[P+](=O)Oc2cccc(C[n+]3ccc4ccccc4c3)c2)c1OC. The summed E-state index contributed by atoms with van der Waals surface area (Å²) >= 11 is 0. The van der Waals surface area contributed by atoms with Crippen molar-refractivity contribution in [2.45, 2.75) is 90.5 Å². The standard InChI is InChI=1S/C37H47NO6P/c1-3-4-5-6-7-8-9-10-11-12-13-16-26-42-36-34(39)22-23-35(37(36)41-2)44-45(40)43-33-21-17-18-30(27-33)28-38-25-24-31-19-14-15-20-32(31)29-38/h14-15,17-25,27,29H,3-13,16,26,28H2,1-2H3/q+1/p+1. The summed E-state index contributed by atoms with van der Waals surface area (Å²) in [6, 6.07) is 20.7. The van der Waals surface area contributed by atoms with E-state index in [1.165, 1.54) is 88.8 Å². The normalized spacial score (nSPS) is 11.4. The third-order valence-corrected chi connectivity index (χ3v) is 8.57. The number of unbranched alkanes of at least 4 members (excludes halogenated alkanes) is 11. The molecule has 4 rings (SSSR count). The first-order valence-electron chi connectivity index (χ1n) is 16.4. The van der Waals surface area contributed by atoms with Gasteiger partial charge in [-0.3, -0.25) is 0 Å². The van der Waals surface area contributed by atoms with Gasteiger partial charge < -0.3 is 14.6 Å². The molecule has 0 fully saturated rings. The molecule has 7 nitrogen and oxygen atoms in total. The van der Waals surface area contributed by atoms with E-state index in [0.717, 1.165) is 23.8 Å². The van der Waals surface area contributed by atoms with Crippen LogP contribution in [0.3, 0.4) is 0 Å². The molecule has 1 unspecified atom stereocenters. The van der Waals surface area contributed by atoms with Gasteiger partial charge in [-0.15, -0.1) is 0 Å². The summed E-state index contributed by atoms with van der Waals surface area (Å²) in [6.07, 6.45) is 19.2. The van der Waals surface area contributed by atoms with E-state index in [4.69, 9.17) is 18.5 Å². The maximum atomic E-state index is 12.9. The monoisotopic (exact) mass is 633 g/mol. The number of aromatic hydroxyl groups is 1. The van der Waals surface area contributed by atoms with Gasteiger partial charge in [0.15, 0.2) is 30.4 Å². The molecule has 0 saturated heterocycles. The molecule has 240 valence electrons. The molecule has 0 aliphatic carbocycles. The minimum absolute atomic E-state index is 0.0619. The second-order valence-electron chi connectivity index (χ2n) is 11.5. The predicted octanol–water partition coefficient (Wildman–Crippen LogP) is 10.1. The van der Waals surface area contributed by atoms with Gasteiger partial charge in [-0.2, -0.15) is 0 Å². The fourth-order valence-corrected chi connectivity index (χ4v) is 6.06. The van der Waals surface area contributed by atoms with Crippen LogP contribution in [0.1, 0.15) is 89.5 Å². The highest BCUT2D eigenvalue weighted by Gasteiger charge is 2.29. The van der Waals surface area contributed by atoms with Crippen LogP contribution in [-0.2, 0) is 11.1 Å². The number of hydrogen-bond donors (Lipinski definition) is 1.